The molecule has 2 rings (SSSR count). The maximum absolute atomic E-state index is 13.4. The van der Waals surface area contributed by atoms with Crippen LogP contribution < -0.4 is 5.32 Å². The van der Waals surface area contributed by atoms with Crippen LogP contribution in [-0.4, -0.2) is 0 Å². The Bertz CT molecular complexity index is 617. The molecule has 0 atom stereocenters. The van der Waals surface area contributed by atoms with E-state index in [0.29, 0.717) is 21.8 Å². The van der Waals surface area contributed by atoms with E-state index >= 15 is 0 Å². The molecule has 100 valence electrons. The Hall–Kier alpha value is -1.39. The van der Waals surface area contributed by atoms with E-state index in [-0.39, 0.29) is 12.1 Å². The monoisotopic (exact) mass is 305 g/mol. The summed E-state index contributed by atoms with van der Waals surface area (Å²) in [6.45, 7) is -0.0386. The quantitative estimate of drug-likeness (QED) is 0.785. The second-order valence-electron chi connectivity index (χ2n) is 3.84. The van der Waals surface area contributed by atoms with Crippen LogP contribution in [0.3, 0.4) is 0 Å². The Morgan fingerprint density at radius 2 is 1.58 bits per heavy atom. The molecule has 6 heteroatoms. The van der Waals surface area contributed by atoms with Crippen LogP contribution in [-0.2, 0) is 6.54 Å². The molecule has 1 nitrogen and oxygen atoms in total. The van der Waals surface area contributed by atoms with E-state index in [1.54, 1.807) is 18.2 Å². The Morgan fingerprint density at radius 1 is 0.895 bits per heavy atom. The highest BCUT2D eigenvalue weighted by atomic mass is 35.5. The van der Waals surface area contributed by atoms with Gasteiger partial charge in [-0.25, -0.2) is 13.2 Å². The van der Waals surface area contributed by atoms with Gasteiger partial charge >= 0.3 is 0 Å². The number of hydrogen-bond donors (Lipinski definition) is 1. The number of halogens is 5. The molecule has 2 aromatic carbocycles. The predicted octanol–water partition coefficient (Wildman–Crippen LogP) is 5.02. The Labute approximate surface area is 118 Å². The Kier molecular flexibility index (Phi) is 4.22. The highest BCUT2D eigenvalue weighted by Gasteiger charge is 2.10. The lowest BCUT2D eigenvalue weighted by Crippen LogP contribution is -2.04. The molecule has 0 saturated carbocycles. The minimum Gasteiger partial charge on any atom is -0.380 e. The number of nitrogens with one attached hydrogen (secondary N) is 1. The SMILES string of the molecule is Fc1cc(F)c(CNc2cc(Cl)ccc2Cl)cc1F. The lowest BCUT2D eigenvalue weighted by Gasteiger charge is -2.10. The zero-order chi connectivity index (χ0) is 14.0. The maximum Gasteiger partial charge on any atom is 0.161 e. The largest absolute Gasteiger partial charge is 0.380 e. The fraction of sp³-hybridized carbons (Fsp3) is 0.0769. The van der Waals surface area contributed by atoms with E-state index in [0.717, 1.165) is 6.07 Å². The molecule has 19 heavy (non-hydrogen) atoms. The van der Waals surface area contributed by atoms with Crippen molar-refractivity contribution < 1.29 is 13.2 Å². The number of hydrogen-bond acceptors (Lipinski definition) is 1. The smallest absolute Gasteiger partial charge is 0.161 e. The van der Waals surface area contributed by atoms with Gasteiger partial charge in [0, 0.05) is 23.2 Å². The van der Waals surface area contributed by atoms with Crippen LogP contribution in [0.5, 0.6) is 0 Å². The maximum atomic E-state index is 13.4. The highest BCUT2D eigenvalue weighted by Crippen LogP contribution is 2.26. The first-order chi connectivity index (χ1) is 8.97. The summed E-state index contributed by atoms with van der Waals surface area (Å²) in [4.78, 5) is 0. The van der Waals surface area contributed by atoms with E-state index in [9.17, 15) is 13.2 Å². The molecule has 0 aliphatic rings. The first-order valence-corrected chi connectivity index (χ1v) is 6.05. The Morgan fingerprint density at radius 3 is 2.32 bits per heavy atom. The summed E-state index contributed by atoms with van der Waals surface area (Å²) in [7, 11) is 0. The van der Waals surface area contributed by atoms with Crippen molar-refractivity contribution in [2.75, 3.05) is 5.32 Å². The van der Waals surface area contributed by atoms with Crippen LogP contribution in [0, 0.1) is 17.5 Å². The highest BCUT2D eigenvalue weighted by molar-refractivity contribution is 6.35. The van der Waals surface area contributed by atoms with Crippen molar-refractivity contribution in [2.24, 2.45) is 0 Å². The fourth-order valence-corrected chi connectivity index (χ4v) is 1.88. The molecule has 0 amide bonds. The van der Waals surface area contributed by atoms with Crippen LogP contribution in [0.25, 0.3) is 0 Å². The zero-order valence-electron chi connectivity index (χ0n) is 9.48. The molecule has 0 aliphatic heterocycles. The minimum absolute atomic E-state index is 0.00468. The molecule has 0 aromatic heterocycles. The molecular formula is C13H8Cl2F3N. The average Bonchev–Trinajstić information content (AvgIpc) is 2.36. The summed E-state index contributed by atoms with van der Waals surface area (Å²) < 4.78 is 39.2. The van der Waals surface area contributed by atoms with Gasteiger partial charge in [0.05, 0.1) is 10.7 Å². The van der Waals surface area contributed by atoms with Crippen molar-refractivity contribution in [3.63, 3.8) is 0 Å². The molecule has 0 bridgehead atoms. The Balaban J connectivity index is 2.19. The topological polar surface area (TPSA) is 12.0 Å². The lowest BCUT2D eigenvalue weighted by atomic mass is 10.2. The molecule has 2 aromatic rings. The van der Waals surface area contributed by atoms with E-state index in [1.165, 1.54) is 0 Å². The van der Waals surface area contributed by atoms with Crippen LogP contribution in [0.1, 0.15) is 5.56 Å². The summed E-state index contributed by atoms with van der Waals surface area (Å²) in [5.41, 5.74) is 0.480. The van der Waals surface area contributed by atoms with Crippen molar-refractivity contribution in [2.45, 2.75) is 6.54 Å². The first kappa shape index (κ1) is 14.0. The van der Waals surface area contributed by atoms with Crippen molar-refractivity contribution in [1.82, 2.24) is 0 Å². The fourth-order valence-electron chi connectivity index (χ4n) is 1.52. The van der Waals surface area contributed by atoms with E-state index in [2.05, 4.69) is 5.32 Å². The third kappa shape index (κ3) is 3.33. The van der Waals surface area contributed by atoms with Crippen LogP contribution >= 0.6 is 23.2 Å². The molecule has 0 fully saturated rings. The normalized spacial score (nSPS) is 10.6. The lowest BCUT2D eigenvalue weighted by molar-refractivity contribution is 0.490. The van der Waals surface area contributed by atoms with E-state index in [4.69, 9.17) is 23.2 Å². The molecular weight excluding hydrogens is 298 g/mol. The molecule has 1 N–H and O–H groups in total. The molecule has 0 unspecified atom stereocenters. The average molecular weight is 306 g/mol. The van der Waals surface area contributed by atoms with Gasteiger partial charge in [0.25, 0.3) is 0 Å². The van der Waals surface area contributed by atoms with Gasteiger partial charge in [-0.1, -0.05) is 23.2 Å². The van der Waals surface area contributed by atoms with Gasteiger partial charge in [-0.2, -0.15) is 0 Å². The van der Waals surface area contributed by atoms with Gasteiger partial charge in [0.1, 0.15) is 5.82 Å². The summed E-state index contributed by atoms with van der Waals surface area (Å²) >= 11 is 11.7. The first-order valence-electron chi connectivity index (χ1n) is 5.29. The van der Waals surface area contributed by atoms with Gasteiger partial charge < -0.3 is 5.32 Å². The van der Waals surface area contributed by atoms with Gasteiger partial charge in [-0.15, -0.1) is 0 Å². The number of anilines is 1. The number of rotatable bonds is 3. The molecule has 0 heterocycles. The molecule has 0 radical (unpaired) electrons. The van der Waals surface area contributed by atoms with Crippen molar-refractivity contribution in [1.29, 1.82) is 0 Å². The van der Waals surface area contributed by atoms with E-state index < -0.39 is 17.5 Å². The van der Waals surface area contributed by atoms with Crippen molar-refractivity contribution >= 4 is 28.9 Å². The van der Waals surface area contributed by atoms with Gasteiger partial charge in [0.15, 0.2) is 11.6 Å². The third-order valence-corrected chi connectivity index (χ3v) is 3.05. The van der Waals surface area contributed by atoms with Crippen molar-refractivity contribution in [3.05, 3.63) is 63.4 Å². The number of benzene rings is 2. The zero-order valence-corrected chi connectivity index (χ0v) is 11.0. The molecule has 0 saturated heterocycles. The summed E-state index contributed by atoms with van der Waals surface area (Å²) in [5.74, 6) is -3.15. The minimum atomic E-state index is -1.22. The van der Waals surface area contributed by atoms with Crippen LogP contribution in [0.4, 0.5) is 18.9 Å². The summed E-state index contributed by atoms with van der Waals surface area (Å²) in [6, 6.07) is 6.05. The van der Waals surface area contributed by atoms with Gasteiger partial charge in [-0.05, 0) is 24.3 Å². The van der Waals surface area contributed by atoms with Crippen molar-refractivity contribution in [3.8, 4) is 0 Å². The second-order valence-corrected chi connectivity index (χ2v) is 4.68. The summed E-state index contributed by atoms with van der Waals surface area (Å²) in [5, 5.41) is 3.66. The van der Waals surface area contributed by atoms with Gasteiger partial charge in [0.2, 0.25) is 0 Å². The predicted molar refractivity (Wildman–Crippen MR) is 70.1 cm³/mol. The molecule has 0 spiro atoms. The van der Waals surface area contributed by atoms with E-state index in [1.807, 2.05) is 0 Å². The van der Waals surface area contributed by atoms with Gasteiger partial charge in [-0.3, -0.25) is 0 Å². The summed E-state index contributed by atoms with van der Waals surface area (Å²) in [6.07, 6.45) is 0. The van der Waals surface area contributed by atoms with Crippen LogP contribution in [0.2, 0.25) is 10.0 Å². The second kappa shape index (κ2) is 5.72. The molecule has 0 aliphatic carbocycles. The standard InChI is InChI=1S/C13H8Cl2F3N/c14-8-1-2-9(15)13(4-8)19-6-7-3-11(17)12(18)5-10(7)16/h1-5,19H,6H2. The third-order valence-electron chi connectivity index (χ3n) is 2.49. The van der Waals surface area contributed by atoms with Crippen LogP contribution in [0.15, 0.2) is 30.3 Å².